The van der Waals surface area contributed by atoms with Gasteiger partial charge in [-0.3, -0.25) is 7.32 Å². The molecule has 54 valence electrons. The first kappa shape index (κ1) is 13.7. The van der Waals surface area contributed by atoms with E-state index in [1.807, 2.05) is 30.3 Å². The van der Waals surface area contributed by atoms with Crippen LogP contribution in [-0.2, 0) is 27.7 Å². The molecule has 0 aliphatic heterocycles. The van der Waals surface area contributed by atoms with Crippen molar-refractivity contribution < 1.29 is 42.7 Å². The van der Waals surface area contributed by atoms with Crippen LogP contribution < -0.4 is 15.1 Å². The minimum absolute atomic E-state index is 0. The van der Waals surface area contributed by atoms with Crippen LogP contribution in [0.25, 0.3) is 0 Å². The normalized spacial score (nSPS) is 6.82. The van der Waals surface area contributed by atoms with Crippen LogP contribution >= 0.6 is 0 Å². The summed E-state index contributed by atoms with van der Waals surface area (Å²) >= 11 is 0. The molecule has 0 fully saturated rings. The summed E-state index contributed by atoms with van der Waals surface area (Å²) in [6.07, 6.45) is 0. The van der Waals surface area contributed by atoms with Crippen LogP contribution in [-0.4, -0.2) is 7.32 Å². The number of hydrogen-bond donors (Lipinski definition) is 0. The van der Waals surface area contributed by atoms with Crippen LogP contribution in [0.5, 0.6) is 0 Å². The number of rotatable bonds is 0. The van der Waals surface area contributed by atoms with E-state index in [0.717, 1.165) is 0 Å². The maximum atomic E-state index is 8.42. The van der Waals surface area contributed by atoms with Crippen LogP contribution in [0.15, 0.2) is 30.3 Å². The fraction of sp³-hybridized carbons (Fsp3) is 0. The Hall–Kier alpha value is 0.1000. The fourth-order valence-corrected chi connectivity index (χ4v) is 0.342. The Labute approximate surface area is 86.4 Å². The largest absolute Gasteiger partial charge is 2.00 e. The first-order chi connectivity index (χ1) is 4.73. The summed E-state index contributed by atoms with van der Waals surface area (Å²) in [6, 6.07) is 12.5. The van der Waals surface area contributed by atoms with Crippen LogP contribution in [0.3, 0.4) is 0 Å². The molecule has 11 heavy (non-hydrogen) atoms. The van der Waals surface area contributed by atoms with Crippen molar-refractivity contribution in [3.63, 3.8) is 0 Å². The summed E-state index contributed by atoms with van der Waals surface area (Å²) < 4.78 is 0. The van der Waals surface area contributed by atoms with Gasteiger partial charge in [-0.2, -0.15) is 36.4 Å². The van der Waals surface area contributed by atoms with Gasteiger partial charge in [-0.15, -0.1) is 0 Å². The molecule has 0 aromatic heterocycles. The van der Waals surface area contributed by atoms with E-state index in [1.54, 1.807) is 0 Å². The molecular formula is C6H5BHgO3-2. The Morgan fingerprint density at radius 1 is 0.909 bits per heavy atom. The second-order valence-electron chi connectivity index (χ2n) is 1.37. The topological polar surface area (TPSA) is 69.2 Å². The van der Waals surface area contributed by atoms with Gasteiger partial charge in [0.15, 0.2) is 0 Å². The predicted octanol–water partition coefficient (Wildman–Crippen LogP) is -2.46. The van der Waals surface area contributed by atoms with Gasteiger partial charge in [-0.25, -0.2) is 0 Å². The van der Waals surface area contributed by atoms with Crippen molar-refractivity contribution in [3.05, 3.63) is 36.4 Å². The van der Waals surface area contributed by atoms with Gasteiger partial charge in [0.2, 0.25) is 0 Å². The Bertz CT molecular complexity index is 118. The van der Waals surface area contributed by atoms with E-state index in [9.17, 15) is 0 Å². The van der Waals surface area contributed by atoms with E-state index < -0.39 is 7.32 Å². The van der Waals surface area contributed by atoms with E-state index in [4.69, 9.17) is 15.1 Å². The molecule has 0 radical (unpaired) electrons. The minimum Gasteiger partial charge on any atom is -0.907 e. The van der Waals surface area contributed by atoms with Crippen LogP contribution in [0.2, 0.25) is 0 Å². The van der Waals surface area contributed by atoms with Gasteiger partial charge in [0, 0.05) is 0 Å². The van der Waals surface area contributed by atoms with E-state index in [2.05, 4.69) is 6.07 Å². The molecule has 0 spiro atoms. The van der Waals surface area contributed by atoms with Crippen molar-refractivity contribution >= 4 is 7.32 Å². The Morgan fingerprint density at radius 2 is 1.27 bits per heavy atom. The van der Waals surface area contributed by atoms with Crippen molar-refractivity contribution in [2.45, 2.75) is 0 Å². The molecule has 0 saturated heterocycles. The van der Waals surface area contributed by atoms with Gasteiger partial charge in [-0.05, 0) is 0 Å². The molecule has 0 bridgehead atoms. The first-order valence-electron chi connectivity index (χ1n) is 2.62. The summed E-state index contributed by atoms with van der Waals surface area (Å²) in [5.41, 5.74) is 0. The Balaban J connectivity index is 0. The molecule has 1 rings (SSSR count). The van der Waals surface area contributed by atoms with Gasteiger partial charge in [0.05, 0.1) is 0 Å². The molecule has 0 N–H and O–H groups in total. The van der Waals surface area contributed by atoms with Gasteiger partial charge >= 0.3 is 27.7 Å². The van der Waals surface area contributed by atoms with Crippen molar-refractivity contribution in [2.75, 3.05) is 0 Å². The van der Waals surface area contributed by atoms with E-state index in [-0.39, 0.29) is 27.7 Å². The summed E-state index contributed by atoms with van der Waals surface area (Å²) in [4.78, 5) is 0. The van der Waals surface area contributed by atoms with Gasteiger partial charge in [0.1, 0.15) is 0 Å². The molecule has 0 aliphatic rings. The Kier molecular flexibility index (Phi) is 12.6. The molecule has 5 heteroatoms. The molecule has 0 saturated carbocycles. The van der Waals surface area contributed by atoms with Gasteiger partial charge < -0.3 is 15.1 Å². The van der Waals surface area contributed by atoms with Gasteiger partial charge in [0.25, 0.3) is 0 Å². The molecule has 0 aliphatic carbocycles. The van der Waals surface area contributed by atoms with E-state index in [1.165, 1.54) is 0 Å². The van der Waals surface area contributed by atoms with E-state index in [0.29, 0.717) is 0 Å². The third-order valence-electron chi connectivity index (χ3n) is 0.607. The SMILES string of the molecule is [Hg+2].[O-]B([O-])[O-].[c-]1ccccc1. The Morgan fingerprint density at radius 3 is 1.36 bits per heavy atom. The zero-order valence-corrected chi connectivity index (χ0v) is 11.4. The average Bonchev–Trinajstić information content (AvgIpc) is 1.90. The number of hydrogen-bond acceptors (Lipinski definition) is 3. The molecule has 0 atom stereocenters. The second-order valence-corrected chi connectivity index (χ2v) is 1.37. The molecule has 0 amide bonds. The zero-order valence-electron chi connectivity index (χ0n) is 5.90. The third-order valence-corrected chi connectivity index (χ3v) is 0.607. The summed E-state index contributed by atoms with van der Waals surface area (Å²) in [6.45, 7) is 0. The summed E-state index contributed by atoms with van der Waals surface area (Å²) in [5.74, 6) is 0. The molecule has 0 unspecified atom stereocenters. The smallest absolute Gasteiger partial charge is 0.907 e. The maximum absolute atomic E-state index is 8.42. The quantitative estimate of drug-likeness (QED) is 0.390. The van der Waals surface area contributed by atoms with Crippen molar-refractivity contribution in [1.29, 1.82) is 0 Å². The van der Waals surface area contributed by atoms with Crippen molar-refractivity contribution in [2.24, 2.45) is 0 Å². The summed E-state index contributed by atoms with van der Waals surface area (Å²) in [5, 5.41) is 25.2. The van der Waals surface area contributed by atoms with Crippen LogP contribution in [0.1, 0.15) is 0 Å². The fourth-order valence-electron chi connectivity index (χ4n) is 0.342. The van der Waals surface area contributed by atoms with Crippen LogP contribution in [0.4, 0.5) is 0 Å². The van der Waals surface area contributed by atoms with E-state index >= 15 is 0 Å². The third kappa shape index (κ3) is 17.8. The molecule has 1 aromatic carbocycles. The first-order valence-corrected chi connectivity index (χ1v) is 2.62. The zero-order chi connectivity index (χ0) is 7.82. The molecular weight excluding hydrogens is 331 g/mol. The van der Waals surface area contributed by atoms with Crippen molar-refractivity contribution in [1.82, 2.24) is 0 Å². The molecule has 1 aromatic rings. The van der Waals surface area contributed by atoms with Gasteiger partial charge in [-0.1, -0.05) is 0 Å². The summed E-state index contributed by atoms with van der Waals surface area (Å²) in [7, 11) is -2.92. The second kappa shape index (κ2) is 10.1. The van der Waals surface area contributed by atoms with Crippen LogP contribution in [0, 0.1) is 6.07 Å². The average molecular weight is 337 g/mol. The minimum atomic E-state index is -2.92. The monoisotopic (exact) mass is 338 g/mol. The molecule has 3 nitrogen and oxygen atoms in total. The standard InChI is InChI=1S/C6H5.BO3.Hg/c1-2-4-6-5-3-1;2-1(3)4;/h1-5H;;/q-1;-3;+2. The molecule has 0 heterocycles. The number of benzene rings is 1. The maximum Gasteiger partial charge on any atom is 2.00 e. The predicted molar refractivity (Wildman–Crippen MR) is 31.0 cm³/mol. The van der Waals surface area contributed by atoms with Crippen molar-refractivity contribution in [3.8, 4) is 0 Å².